The molecule has 0 aliphatic carbocycles. The van der Waals surface area contributed by atoms with Crippen LogP contribution in [0.3, 0.4) is 0 Å². The average molecular weight is 451 g/mol. The van der Waals surface area contributed by atoms with Crippen molar-refractivity contribution in [1.82, 2.24) is 9.99 Å². The van der Waals surface area contributed by atoms with E-state index in [4.69, 9.17) is 0 Å². The van der Waals surface area contributed by atoms with Gasteiger partial charge in [-0.2, -0.15) is 5.10 Å². The summed E-state index contributed by atoms with van der Waals surface area (Å²) in [5, 5.41) is 6.06. The summed E-state index contributed by atoms with van der Waals surface area (Å²) in [5.41, 5.74) is 10.6. The summed E-state index contributed by atoms with van der Waals surface area (Å²) in [6.45, 7) is 8.19. The van der Waals surface area contributed by atoms with Crippen molar-refractivity contribution in [3.05, 3.63) is 94.3 Å². The number of nitrogens with one attached hydrogen (secondary N) is 1. The van der Waals surface area contributed by atoms with Gasteiger partial charge in [-0.15, -0.1) is 0 Å². The molecule has 5 rings (SSSR count). The normalized spacial score (nSPS) is 12.8. The summed E-state index contributed by atoms with van der Waals surface area (Å²) >= 11 is 0. The number of nitrogens with zero attached hydrogens (tertiary/aromatic N) is 3. The number of anilines is 1. The minimum atomic E-state index is -0.349. The van der Waals surface area contributed by atoms with Crippen molar-refractivity contribution >= 4 is 34.5 Å². The predicted octanol–water partition coefficient (Wildman–Crippen LogP) is 4.97. The molecule has 1 aromatic heterocycles. The molecule has 0 saturated heterocycles. The van der Waals surface area contributed by atoms with Gasteiger partial charge >= 0.3 is 0 Å². The van der Waals surface area contributed by atoms with E-state index in [9.17, 15) is 9.59 Å². The number of aryl methyl sites for hydroxylation is 3. The summed E-state index contributed by atoms with van der Waals surface area (Å²) in [6.07, 6.45) is 1.65. The van der Waals surface area contributed by atoms with Crippen molar-refractivity contribution < 1.29 is 9.59 Å². The molecule has 170 valence electrons. The number of benzene rings is 3. The van der Waals surface area contributed by atoms with Crippen LogP contribution in [-0.4, -0.2) is 29.1 Å². The number of carbonyl (C=O) groups excluding carboxylic acids is 2. The second-order valence-corrected chi connectivity index (χ2v) is 8.82. The molecule has 0 fully saturated rings. The molecule has 3 aromatic carbocycles. The molecular weight excluding hydrogens is 424 g/mol. The quantitative estimate of drug-likeness (QED) is 0.344. The van der Waals surface area contributed by atoms with Gasteiger partial charge in [0.25, 0.3) is 11.8 Å². The van der Waals surface area contributed by atoms with Crippen LogP contribution in [0.2, 0.25) is 0 Å². The fourth-order valence-corrected chi connectivity index (χ4v) is 4.83. The highest BCUT2D eigenvalue weighted by molar-refractivity contribution is 6.26. The van der Waals surface area contributed by atoms with Crippen molar-refractivity contribution in [3.63, 3.8) is 0 Å². The topological polar surface area (TPSA) is 66.7 Å². The summed E-state index contributed by atoms with van der Waals surface area (Å²) < 4.78 is 2.19. The maximum atomic E-state index is 12.9. The Hall–Kier alpha value is -4.19. The van der Waals surface area contributed by atoms with E-state index in [1.54, 1.807) is 12.3 Å². The zero-order valence-corrected chi connectivity index (χ0v) is 19.7. The molecule has 4 aromatic rings. The van der Waals surface area contributed by atoms with E-state index in [1.165, 1.54) is 16.0 Å². The molecule has 0 bridgehead atoms. The standard InChI is InChI=1S/C28H26N4O2/c1-17-11-12-24(18(2)13-17)32-19(3)14-22(20(32)4)15-29-30-26(33)16-31-25-10-6-8-21-7-5-9-23(27(21)25)28(31)34/h5-15H,16H2,1-4H3,(H,30,33)/b29-15+. The van der Waals surface area contributed by atoms with Gasteiger partial charge < -0.3 is 4.57 Å². The number of aromatic nitrogens is 1. The zero-order chi connectivity index (χ0) is 24.0. The fraction of sp³-hybridized carbons (Fsp3) is 0.179. The zero-order valence-electron chi connectivity index (χ0n) is 19.7. The van der Waals surface area contributed by atoms with E-state index in [2.05, 4.69) is 54.1 Å². The van der Waals surface area contributed by atoms with E-state index in [0.717, 1.165) is 39.1 Å². The van der Waals surface area contributed by atoms with Gasteiger partial charge in [0.05, 0.1) is 11.9 Å². The van der Waals surface area contributed by atoms with Crippen LogP contribution in [0.5, 0.6) is 0 Å². The molecule has 1 aliphatic rings. The summed E-state index contributed by atoms with van der Waals surface area (Å²) in [7, 11) is 0. The second-order valence-electron chi connectivity index (χ2n) is 8.82. The van der Waals surface area contributed by atoms with Crippen molar-refractivity contribution in [1.29, 1.82) is 0 Å². The molecule has 6 heteroatoms. The van der Waals surface area contributed by atoms with Crippen LogP contribution < -0.4 is 10.3 Å². The smallest absolute Gasteiger partial charge is 0.260 e. The molecule has 0 unspecified atom stereocenters. The lowest BCUT2D eigenvalue weighted by Gasteiger charge is -2.16. The molecule has 34 heavy (non-hydrogen) atoms. The van der Waals surface area contributed by atoms with E-state index in [1.807, 2.05) is 43.3 Å². The summed E-state index contributed by atoms with van der Waals surface area (Å²) in [5.74, 6) is -0.513. The molecule has 0 saturated carbocycles. The van der Waals surface area contributed by atoms with Crippen LogP contribution in [0.25, 0.3) is 16.5 Å². The Morgan fingerprint density at radius 3 is 2.50 bits per heavy atom. The first-order chi connectivity index (χ1) is 16.3. The van der Waals surface area contributed by atoms with Crippen molar-refractivity contribution in [3.8, 4) is 5.69 Å². The lowest BCUT2D eigenvalue weighted by Crippen LogP contribution is -2.37. The van der Waals surface area contributed by atoms with Crippen molar-refractivity contribution in [2.75, 3.05) is 11.4 Å². The fourth-order valence-electron chi connectivity index (χ4n) is 4.83. The first-order valence-corrected chi connectivity index (χ1v) is 11.3. The van der Waals surface area contributed by atoms with Crippen molar-refractivity contribution in [2.45, 2.75) is 27.7 Å². The molecule has 2 heterocycles. The Morgan fingerprint density at radius 2 is 1.74 bits per heavy atom. The summed E-state index contributed by atoms with van der Waals surface area (Å²) in [6, 6.07) is 19.8. The molecule has 1 aliphatic heterocycles. The third-order valence-corrected chi connectivity index (χ3v) is 6.41. The molecule has 1 N–H and O–H groups in total. The Morgan fingerprint density at radius 1 is 0.971 bits per heavy atom. The van der Waals surface area contributed by atoms with Crippen LogP contribution in [0.1, 0.15) is 38.4 Å². The van der Waals surface area contributed by atoms with Gasteiger partial charge in [-0.3, -0.25) is 14.5 Å². The van der Waals surface area contributed by atoms with Gasteiger partial charge in [0, 0.05) is 33.6 Å². The minimum Gasteiger partial charge on any atom is -0.318 e. The van der Waals surface area contributed by atoms with E-state index < -0.39 is 0 Å². The number of rotatable bonds is 5. The van der Waals surface area contributed by atoms with Crippen LogP contribution in [0, 0.1) is 27.7 Å². The van der Waals surface area contributed by atoms with Gasteiger partial charge in [0.15, 0.2) is 0 Å². The Kier molecular flexibility index (Phi) is 5.28. The molecule has 2 amide bonds. The van der Waals surface area contributed by atoms with Gasteiger partial charge in [-0.1, -0.05) is 42.0 Å². The Bertz CT molecular complexity index is 1490. The maximum Gasteiger partial charge on any atom is 0.260 e. The van der Waals surface area contributed by atoms with Crippen molar-refractivity contribution in [2.24, 2.45) is 5.10 Å². The molecule has 6 nitrogen and oxygen atoms in total. The third-order valence-electron chi connectivity index (χ3n) is 6.41. The average Bonchev–Trinajstić information content (AvgIpc) is 3.24. The number of hydrogen-bond acceptors (Lipinski definition) is 3. The Balaban J connectivity index is 1.32. The van der Waals surface area contributed by atoms with Gasteiger partial charge in [-0.25, -0.2) is 5.43 Å². The number of carbonyl (C=O) groups is 2. The van der Waals surface area contributed by atoms with Gasteiger partial charge in [-0.05, 0) is 62.9 Å². The predicted molar refractivity (Wildman–Crippen MR) is 136 cm³/mol. The van der Waals surface area contributed by atoms with E-state index in [-0.39, 0.29) is 18.4 Å². The summed E-state index contributed by atoms with van der Waals surface area (Å²) in [4.78, 5) is 27.0. The second kappa shape index (κ2) is 8.30. The van der Waals surface area contributed by atoms with Gasteiger partial charge in [0.1, 0.15) is 6.54 Å². The maximum absolute atomic E-state index is 12.9. The highest BCUT2D eigenvalue weighted by atomic mass is 16.2. The highest BCUT2D eigenvalue weighted by Gasteiger charge is 2.30. The lowest BCUT2D eigenvalue weighted by molar-refractivity contribution is -0.119. The van der Waals surface area contributed by atoms with E-state index >= 15 is 0 Å². The SMILES string of the molecule is Cc1ccc(-n2c(C)cc(/C=N/NC(=O)CN3C(=O)c4cccc5cccc3c45)c2C)c(C)c1. The number of amides is 2. The van der Waals surface area contributed by atoms with Crippen LogP contribution in [0.15, 0.2) is 65.8 Å². The van der Waals surface area contributed by atoms with Crippen LogP contribution >= 0.6 is 0 Å². The Labute approximate surface area is 198 Å². The monoisotopic (exact) mass is 450 g/mol. The minimum absolute atomic E-state index is 0.0917. The number of hydrazone groups is 1. The molecule has 0 spiro atoms. The first kappa shape index (κ1) is 21.6. The largest absolute Gasteiger partial charge is 0.318 e. The van der Waals surface area contributed by atoms with E-state index in [0.29, 0.717) is 5.56 Å². The van der Waals surface area contributed by atoms with Crippen LogP contribution in [0.4, 0.5) is 5.69 Å². The van der Waals surface area contributed by atoms with Crippen LogP contribution in [-0.2, 0) is 4.79 Å². The number of hydrogen-bond donors (Lipinski definition) is 1. The highest BCUT2D eigenvalue weighted by Crippen LogP contribution is 2.36. The lowest BCUT2D eigenvalue weighted by atomic mass is 10.1. The molecule has 0 radical (unpaired) electrons. The first-order valence-electron chi connectivity index (χ1n) is 11.3. The molecular formula is C28H26N4O2. The van der Waals surface area contributed by atoms with Gasteiger partial charge in [0.2, 0.25) is 0 Å². The molecule has 0 atom stereocenters. The third kappa shape index (κ3) is 3.57.